The zero-order valence-corrected chi connectivity index (χ0v) is 6.90. The third-order valence-electron chi connectivity index (χ3n) is 1.12. The Morgan fingerprint density at radius 1 is 1.17 bits per heavy atom. The molecule has 0 fully saturated rings. The van der Waals surface area contributed by atoms with Crippen LogP contribution in [0.2, 0.25) is 0 Å². The van der Waals surface area contributed by atoms with Gasteiger partial charge < -0.3 is 0 Å². The molecule has 0 bridgehead atoms. The molecule has 0 atom stereocenters. The Kier molecular flexibility index (Phi) is 2.57. The summed E-state index contributed by atoms with van der Waals surface area (Å²) >= 11 is 0. The number of hydrogen-bond donors (Lipinski definition) is 1. The molecule has 0 radical (unpaired) electrons. The molecular weight excluding hydrogens is 178 g/mol. The first kappa shape index (κ1) is 8.89. The molecule has 0 amide bonds. The van der Waals surface area contributed by atoms with Crippen LogP contribution < -0.4 is 0 Å². The van der Waals surface area contributed by atoms with Gasteiger partial charge in [0.1, 0.15) is 0 Å². The molecule has 1 heterocycles. The highest BCUT2D eigenvalue weighted by Crippen LogP contribution is 1.97. The lowest BCUT2D eigenvalue weighted by Gasteiger charge is -1.94. The maximum atomic E-state index is 10.6. The normalized spacial score (nSPS) is 16.9. The Bertz CT molecular complexity index is 373. The van der Waals surface area contributed by atoms with Crippen molar-refractivity contribution in [3.8, 4) is 0 Å². The molecule has 1 aliphatic heterocycles. The fraction of sp³-hybridized carbons (Fsp3) is 0. The van der Waals surface area contributed by atoms with E-state index in [1.165, 1.54) is 18.4 Å². The average Bonchev–Trinajstić information content (AvgIpc) is 1.81. The molecule has 5 heteroatoms. The van der Waals surface area contributed by atoms with Gasteiger partial charge in [-0.15, -0.1) is 0 Å². The lowest BCUT2D eigenvalue weighted by molar-refractivity contribution is 0.498. The van der Waals surface area contributed by atoms with E-state index >= 15 is 0 Å². The van der Waals surface area contributed by atoms with Gasteiger partial charge in [-0.1, -0.05) is 18.2 Å². The zero-order chi connectivity index (χ0) is 9.03. The first-order chi connectivity index (χ1) is 5.61. The van der Waals surface area contributed by atoms with Gasteiger partial charge in [0.2, 0.25) is 0 Å². The smallest absolute Gasteiger partial charge is 0.281 e. The number of nitrogens with zero attached hydrogens (tertiary/aromatic N) is 1. The van der Waals surface area contributed by atoms with Crippen LogP contribution in [0, 0.1) is 0 Å². The largest absolute Gasteiger partial charge is 0.312 e. The second kappa shape index (κ2) is 3.46. The number of aliphatic imine (C=N–C) groups is 1. The van der Waals surface area contributed by atoms with Crippen molar-refractivity contribution < 1.29 is 13.0 Å². The maximum Gasteiger partial charge on any atom is 0.312 e. The van der Waals surface area contributed by atoms with E-state index in [9.17, 15) is 8.42 Å². The zero-order valence-electron chi connectivity index (χ0n) is 6.08. The molecule has 4 nitrogen and oxygen atoms in total. The molecule has 12 heavy (non-hydrogen) atoms. The van der Waals surface area contributed by atoms with Gasteiger partial charge in [-0.2, -0.15) is 8.42 Å². The molecule has 0 spiro atoms. The minimum absolute atomic E-state index is 0.358. The fourth-order valence-electron chi connectivity index (χ4n) is 0.628. The van der Waals surface area contributed by atoms with Crippen LogP contribution in [0.25, 0.3) is 0 Å². The monoisotopic (exact) mass is 185 g/mol. The van der Waals surface area contributed by atoms with Crippen molar-refractivity contribution in [3.05, 3.63) is 36.6 Å². The van der Waals surface area contributed by atoms with E-state index in [1.54, 1.807) is 18.2 Å². The molecule has 64 valence electrons. The SMILES string of the molecule is O=S(=O)(O)C1=NC=CC=CC=C1. The quantitative estimate of drug-likeness (QED) is 0.570. The molecule has 1 N–H and O–H groups in total. The highest BCUT2D eigenvalue weighted by atomic mass is 32.2. The van der Waals surface area contributed by atoms with Crippen LogP contribution >= 0.6 is 0 Å². The Morgan fingerprint density at radius 3 is 2.50 bits per heavy atom. The summed E-state index contributed by atoms with van der Waals surface area (Å²) in [7, 11) is -4.19. The second-order valence-corrected chi connectivity index (χ2v) is 3.40. The molecular formula is C7H7NO3S. The first-order valence-electron chi connectivity index (χ1n) is 3.16. The van der Waals surface area contributed by atoms with Crippen LogP contribution in [0.15, 0.2) is 41.6 Å². The van der Waals surface area contributed by atoms with Crippen LogP contribution in [-0.4, -0.2) is 18.0 Å². The lowest BCUT2D eigenvalue weighted by atomic mass is 10.4. The van der Waals surface area contributed by atoms with E-state index < -0.39 is 10.1 Å². The van der Waals surface area contributed by atoms with Gasteiger partial charge in [0.15, 0.2) is 5.04 Å². The summed E-state index contributed by atoms with van der Waals surface area (Å²) in [4.78, 5) is 3.51. The Balaban J connectivity index is 3.07. The van der Waals surface area contributed by atoms with Gasteiger partial charge in [-0.3, -0.25) is 4.55 Å². The summed E-state index contributed by atoms with van der Waals surface area (Å²) in [5, 5.41) is -0.358. The van der Waals surface area contributed by atoms with Gasteiger partial charge in [0.05, 0.1) is 0 Å². The molecule has 0 saturated heterocycles. The Morgan fingerprint density at radius 2 is 1.83 bits per heavy atom. The number of rotatable bonds is 0. The van der Waals surface area contributed by atoms with Gasteiger partial charge in [0, 0.05) is 6.20 Å². The minimum Gasteiger partial charge on any atom is -0.281 e. The van der Waals surface area contributed by atoms with Crippen molar-refractivity contribution in [2.24, 2.45) is 4.99 Å². The minimum atomic E-state index is -4.19. The summed E-state index contributed by atoms with van der Waals surface area (Å²) in [5.41, 5.74) is 0. The molecule has 0 aliphatic carbocycles. The molecule has 0 aromatic carbocycles. The summed E-state index contributed by atoms with van der Waals surface area (Å²) in [6, 6.07) is 0. The molecule has 0 aromatic rings. The molecule has 0 saturated carbocycles. The van der Waals surface area contributed by atoms with Crippen LogP contribution in [0.1, 0.15) is 0 Å². The Hall–Kier alpha value is -1.20. The average molecular weight is 185 g/mol. The third kappa shape index (κ3) is 2.44. The van der Waals surface area contributed by atoms with E-state index in [0.717, 1.165) is 0 Å². The van der Waals surface area contributed by atoms with E-state index in [-0.39, 0.29) is 5.04 Å². The van der Waals surface area contributed by atoms with Crippen molar-refractivity contribution in [1.29, 1.82) is 0 Å². The predicted molar refractivity (Wildman–Crippen MR) is 46.4 cm³/mol. The van der Waals surface area contributed by atoms with E-state index in [1.807, 2.05) is 0 Å². The van der Waals surface area contributed by atoms with Crippen molar-refractivity contribution in [2.45, 2.75) is 0 Å². The molecule has 1 rings (SSSR count). The van der Waals surface area contributed by atoms with Gasteiger partial charge in [0.25, 0.3) is 0 Å². The summed E-state index contributed by atoms with van der Waals surface area (Å²) < 4.78 is 29.7. The van der Waals surface area contributed by atoms with Crippen molar-refractivity contribution in [1.82, 2.24) is 0 Å². The number of hydrogen-bond acceptors (Lipinski definition) is 3. The number of allylic oxidation sites excluding steroid dienone is 4. The summed E-state index contributed by atoms with van der Waals surface area (Å²) in [6.45, 7) is 0. The molecule has 0 unspecified atom stereocenters. The second-order valence-electron chi connectivity index (χ2n) is 2.03. The topological polar surface area (TPSA) is 66.7 Å². The summed E-state index contributed by atoms with van der Waals surface area (Å²) in [5.74, 6) is 0. The molecule has 0 aromatic heterocycles. The van der Waals surface area contributed by atoms with Crippen LogP contribution in [-0.2, 0) is 10.1 Å². The first-order valence-corrected chi connectivity index (χ1v) is 4.60. The predicted octanol–water partition coefficient (Wildman–Crippen LogP) is 0.912. The van der Waals surface area contributed by atoms with Crippen LogP contribution in [0.4, 0.5) is 0 Å². The van der Waals surface area contributed by atoms with Crippen molar-refractivity contribution in [2.75, 3.05) is 0 Å². The summed E-state index contributed by atoms with van der Waals surface area (Å²) in [6.07, 6.45) is 8.89. The van der Waals surface area contributed by atoms with Gasteiger partial charge in [-0.25, -0.2) is 4.99 Å². The highest BCUT2D eigenvalue weighted by Gasteiger charge is 2.10. The fourth-order valence-corrected chi connectivity index (χ4v) is 1.07. The van der Waals surface area contributed by atoms with Gasteiger partial charge in [-0.05, 0) is 12.2 Å². The Labute approximate surface area is 70.4 Å². The molecule has 1 aliphatic rings. The van der Waals surface area contributed by atoms with Crippen molar-refractivity contribution >= 4 is 15.2 Å². The van der Waals surface area contributed by atoms with E-state index in [4.69, 9.17) is 4.55 Å². The van der Waals surface area contributed by atoms with E-state index in [2.05, 4.69) is 4.99 Å². The van der Waals surface area contributed by atoms with Crippen LogP contribution in [0.5, 0.6) is 0 Å². The van der Waals surface area contributed by atoms with E-state index in [0.29, 0.717) is 0 Å². The van der Waals surface area contributed by atoms with Crippen LogP contribution in [0.3, 0.4) is 0 Å². The van der Waals surface area contributed by atoms with Gasteiger partial charge >= 0.3 is 10.1 Å². The third-order valence-corrected chi connectivity index (χ3v) is 1.89. The van der Waals surface area contributed by atoms with Crippen molar-refractivity contribution in [3.63, 3.8) is 0 Å². The highest BCUT2D eigenvalue weighted by molar-refractivity contribution is 8.02. The lowest BCUT2D eigenvalue weighted by Crippen LogP contribution is -2.10. The standard InChI is InChI=1S/C7H7NO3S/c9-12(10,11)7-5-3-1-2-4-6-8-7/h1-6H,(H,9,10,11). The maximum absolute atomic E-state index is 10.6.